The number of hydrogen-bond acceptors (Lipinski definition) is 8. The Bertz CT molecular complexity index is 1400. The van der Waals surface area contributed by atoms with E-state index in [9.17, 15) is 8.42 Å². The van der Waals surface area contributed by atoms with Gasteiger partial charge in [0.1, 0.15) is 34.2 Å². The van der Waals surface area contributed by atoms with Gasteiger partial charge in [0.2, 0.25) is 15.9 Å². The van der Waals surface area contributed by atoms with Gasteiger partial charge in [-0.1, -0.05) is 12.1 Å². The zero-order chi connectivity index (χ0) is 23.6. The molecule has 3 aromatic heterocycles. The number of hydrogen-bond donors (Lipinski definition) is 1. The summed E-state index contributed by atoms with van der Waals surface area (Å²) >= 11 is 0. The summed E-state index contributed by atoms with van der Waals surface area (Å²) in [6.07, 6.45) is 1.06. The topological polar surface area (TPSA) is 117 Å². The Balaban J connectivity index is 2.06. The molecule has 10 nitrogen and oxygen atoms in total. The predicted molar refractivity (Wildman–Crippen MR) is 125 cm³/mol. The summed E-state index contributed by atoms with van der Waals surface area (Å²) in [6.45, 7) is 2.35. The van der Waals surface area contributed by atoms with Crippen molar-refractivity contribution in [2.45, 2.75) is 6.92 Å². The molecule has 33 heavy (non-hydrogen) atoms. The molecule has 4 rings (SSSR count). The van der Waals surface area contributed by atoms with E-state index in [0.29, 0.717) is 52.4 Å². The van der Waals surface area contributed by atoms with Crippen molar-refractivity contribution in [2.75, 3.05) is 31.8 Å². The van der Waals surface area contributed by atoms with Crippen molar-refractivity contribution in [3.63, 3.8) is 0 Å². The summed E-state index contributed by atoms with van der Waals surface area (Å²) in [7, 11) is -0.425. The zero-order valence-electron chi connectivity index (χ0n) is 18.6. The third kappa shape index (κ3) is 4.53. The van der Waals surface area contributed by atoms with Gasteiger partial charge in [0, 0.05) is 6.07 Å². The third-order valence-electron chi connectivity index (χ3n) is 4.66. The van der Waals surface area contributed by atoms with Gasteiger partial charge in [0.05, 0.1) is 27.1 Å². The Morgan fingerprint density at radius 3 is 2.27 bits per heavy atom. The minimum Gasteiger partial charge on any atom is -0.494 e. The van der Waals surface area contributed by atoms with Crippen molar-refractivity contribution < 1.29 is 22.6 Å². The van der Waals surface area contributed by atoms with Gasteiger partial charge in [0.25, 0.3) is 0 Å². The van der Waals surface area contributed by atoms with Crippen molar-refractivity contribution in [3.05, 3.63) is 48.5 Å². The number of nitrogens with one attached hydrogen (secondary N) is 1. The lowest BCUT2D eigenvalue weighted by Crippen LogP contribution is -2.11. The molecular formula is C22H23N5O5S. The molecule has 0 bridgehead atoms. The molecule has 0 saturated carbocycles. The molecule has 0 unspecified atom stereocenters. The second-order valence-corrected chi connectivity index (χ2v) is 8.74. The van der Waals surface area contributed by atoms with Crippen LogP contribution in [0.2, 0.25) is 0 Å². The van der Waals surface area contributed by atoms with E-state index in [0.717, 1.165) is 6.26 Å². The van der Waals surface area contributed by atoms with Gasteiger partial charge in [0.15, 0.2) is 11.5 Å². The summed E-state index contributed by atoms with van der Waals surface area (Å²) < 4.78 is 44.5. The van der Waals surface area contributed by atoms with Gasteiger partial charge in [-0.05, 0) is 37.3 Å². The molecule has 0 aliphatic rings. The highest BCUT2D eigenvalue weighted by Crippen LogP contribution is 2.38. The second kappa shape index (κ2) is 8.94. The molecule has 0 aliphatic carbocycles. The number of ether oxygens (including phenoxy) is 3. The van der Waals surface area contributed by atoms with E-state index >= 15 is 0 Å². The molecule has 1 aromatic carbocycles. The summed E-state index contributed by atoms with van der Waals surface area (Å²) in [5.41, 5.74) is 2.00. The van der Waals surface area contributed by atoms with Crippen LogP contribution in [-0.2, 0) is 10.0 Å². The van der Waals surface area contributed by atoms with E-state index in [1.54, 1.807) is 61.3 Å². The van der Waals surface area contributed by atoms with Gasteiger partial charge in [-0.15, -0.1) is 0 Å². The van der Waals surface area contributed by atoms with E-state index in [1.165, 1.54) is 0 Å². The molecular weight excluding hydrogens is 446 g/mol. The number of imidazole rings is 1. The maximum absolute atomic E-state index is 11.8. The van der Waals surface area contributed by atoms with Crippen molar-refractivity contribution in [1.29, 1.82) is 0 Å². The number of rotatable bonds is 8. The normalized spacial score (nSPS) is 11.4. The van der Waals surface area contributed by atoms with Gasteiger partial charge < -0.3 is 14.2 Å². The molecule has 0 aliphatic heterocycles. The molecule has 3 heterocycles. The number of pyridine rings is 2. The molecule has 1 N–H and O–H groups in total. The Kier molecular flexibility index (Phi) is 6.05. The van der Waals surface area contributed by atoms with E-state index in [-0.39, 0.29) is 5.82 Å². The van der Waals surface area contributed by atoms with Crippen LogP contribution in [0.5, 0.6) is 17.4 Å². The lowest BCUT2D eigenvalue weighted by atomic mass is 10.2. The second-order valence-electron chi connectivity index (χ2n) is 6.99. The highest BCUT2D eigenvalue weighted by Gasteiger charge is 2.23. The fraction of sp³-hybridized carbons (Fsp3) is 0.227. The number of benzene rings is 1. The van der Waals surface area contributed by atoms with E-state index in [4.69, 9.17) is 19.2 Å². The molecule has 0 spiro atoms. The third-order valence-corrected chi connectivity index (χ3v) is 5.24. The van der Waals surface area contributed by atoms with Gasteiger partial charge in [-0.2, -0.15) is 0 Å². The minimum absolute atomic E-state index is 0.155. The molecule has 0 amide bonds. The van der Waals surface area contributed by atoms with Crippen molar-refractivity contribution in [2.24, 2.45) is 0 Å². The zero-order valence-corrected chi connectivity index (χ0v) is 19.4. The SMILES string of the molecule is CCOc1cccc(-c2nc3ccc(NS(C)(=O)=O)nc3n2-c2c(OC)cccc2OC)n1. The smallest absolute Gasteiger partial charge is 0.230 e. The van der Waals surface area contributed by atoms with E-state index in [2.05, 4.69) is 14.7 Å². The lowest BCUT2D eigenvalue weighted by molar-refractivity contribution is 0.327. The van der Waals surface area contributed by atoms with Crippen LogP contribution in [0.25, 0.3) is 28.4 Å². The molecule has 11 heteroatoms. The quantitative estimate of drug-likeness (QED) is 0.418. The summed E-state index contributed by atoms with van der Waals surface area (Å²) in [5.74, 6) is 2.09. The van der Waals surface area contributed by atoms with Crippen LogP contribution in [0.4, 0.5) is 5.82 Å². The lowest BCUT2D eigenvalue weighted by Gasteiger charge is -2.16. The Hall–Kier alpha value is -3.86. The average Bonchev–Trinajstić information content (AvgIpc) is 3.16. The van der Waals surface area contributed by atoms with Crippen LogP contribution >= 0.6 is 0 Å². The predicted octanol–water partition coefficient (Wildman–Crippen LogP) is 3.27. The first kappa shape index (κ1) is 22.3. The number of aromatic nitrogens is 4. The number of nitrogens with zero attached hydrogens (tertiary/aromatic N) is 4. The molecule has 172 valence electrons. The minimum atomic E-state index is -3.53. The van der Waals surface area contributed by atoms with Crippen molar-refractivity contribution >= 4 is 27.0 Å². The maximum Gasteiger partial charge on any atom is 0.230 e. The van der Waals surface area contributed by atoms with Crippen LogP contribution in [0.3, 0.4) is 0 Å². The monoisotopic (exact) mass is 469 g/mol. The van der Waals surface area contributed by atoms with Crippen LogP contribution in [0.15, 0.2) is 48.5 Å². The number of fused-ring (bicyclic) bond motifs is 1. The van der Waals surface area contributed by atoms with Crippen LogP contribution in [-0.4, -0.2) is 55.0 Å². The summed E-state index contributed by atoms with van der Waals surface area (Å²) in [5, 5.41) is 0. The van der Waals surface area contributed by atoms with Gasteiger partial charge >= 0.3 is 0 Å². The molecule has 4 aromatic rings. The Labute approximate surface area is 191 Å². The number of methoxy groups -OCH3 is 2. The molecule has 0 saturated heterocycles. The first-order valence-electron chi connectivity index (χ1n) is 10.0. The number of anilines is 1. The molecule has 0 radical (unpaired) electrons. The Morgan fingerprint density at radius 1 is 0.939 bits per heavy atom. The van der Waals surface area contributed by atoms with Crippen molar-refractivity contribution in [3.8, 4) is 34.6 Å². The number of para-hydroxylation sites is 1. The maximum atomic E-state index is 11.8. The first-order chi connectivity index (χ1) is 15.8. The summed E-state index contributed by atoms with van der Waals surface area (Å²) in [6, 6.07) is 14.0. The first-order valence-corrected chi connectivity index (χ1v) is 11.9. The summed E-state index contributed by atoms with van der Waals surface area (Å²) in [4.78, 5) is 13.9. The largest absolute Gasteiger partial charge is 0.494 e. The highest BCUT2D eigenvalue weighted by molar-refractivity contribution is 7.92. The fourth-order valence-electron chi connectivity index (χ4n) is 3.41. The molecule has 0 atom stereocenters. The van der Waals surface area contributed by atoms with Gasteiger partial charge in [-0.25, -0.2) is 23.4 Å². The van der Waals surface area contributed by atoms with Crippen LogP contribution in [0, 0.1) is 0 Å². The Morgan fingerprint density at radius 2 is 1.64 bits per heavy atom. The standard InChI is InChI=1S/C22H23N5O5S/c1-5-32-19-11-6-8-14(23-19)21-24-15-12-13-18(26-33(4,28)29)25-22(15)27(21)20-16(30-2)9-7-10-17(20)31-3/h6-13H,5H2,1-4H3,(H,25,26). The fourth-order valence-corrected chi connectivity index (χ4v) is 3.90. The van der Waals surface area contributed by atoms with E-state index < -0.39 is 10.0 Å². The van der Waals surface area contributed by atoms with E-state index in [1.807, 2.05) is 13.0 Å². The number of sulfonamides is 1. The average molecular weight is 470 g/mol. The highest BCUT2D eigenvalue weighted by atomic mass is 32.2. The van der Waals surface area contributed by atoms with Crippen LogP contribution in [0.1, 0.15) is 6.92 Å². The molecule has 0 fully saturated rings. The van der Waals surface area contributed by atoms with Crippen molar-refractivity contribution in [1.82, 2.24) is 19.5 Å². The van der Waals surface area contributed by atoms with Gasteiger partial charge in [-0.3, -0.25) is 9.29 Å². The van der Waals surface area contributed by atoms with Crippen LogP contribution < -0.4 is 18.9 Å².